The highest BCUT2D eigenvalue weighted by atomic mass is 32.2. The van der Waals surface area contributed by atoms with Crippen molar-refractivity contribution in [2.24, 2.45) is 0 Å². The van der Waals surface area contributed by atoms with E-state index in [9.17, 15) is 9.59 Å². The summed E-state index contributed by atoms with van der Waals surface area (Å²) >= 11 is 1.61. The molecular formula is C20H30N2O3S. The zero-order valence-corrected chi connectivity index (χ0v) is 17.2. The van der Waals surface area contributed by atoms with E-state index in [1.54, 1.807) is 11.8 Å². The van der Waals surface area contributed by atoms with Crippen LogP contribution in [0.3, 0.4) is 0 Å². The molecule has 144 valence electrons. The topological polar surface area (TPSA) is 67.4 Å². The van der Waals surface area contributed by atoms with Crippen molar-refractivity contribution in [2.75, 3.05) is 6.54 Å². The first-order chi connectivity index (χ1) is 12.2. The maximum Gasteiger partial charge on any atom is 0.407 e. The van der Waals surface area contributed by atoms with Gasteiger partial charge >= 0.3 is 6.09 Å². The molecular weight excluding hydrogens is 348 g/mol. The maximum atomic E-state index is 12.8. The quantitative estimate of drug-likeness (QED) is 0.788. The standard InChI is InChI=1S/C20H30N2O3S/c1-6-20(7-2,13-21-18(24)25-19(3,4)5)22-17(23)16-12-14-10-8-9-11-15(14)26-16/h8-11,16H,6-7,12-13H2,1-5H3,(H,21,24)(H,22,23). The highest BCUT2D eigenvalue weighted by Gasteiger charge is 2.35. The smallest absolute Gasteiger partial charge is 0.407 e. The molecule has 1 aromatic carbocycles. The molecule has 2 amide bonds. The van der Waals surface area contributed by atoms with Gasteiger partial charge in [0.2, 0.25) is 5.91 Å². The van der Waals surface area contributed by atoms with Gasteiger partial charge in [-0.3, -0.25) is 4.79 Å². The molecule has 0 bridgehead atoms. The Labute approximate surface area is 160 Å². The van der Waals surface area contributed by atoms with Gasteiger partial charge in [0.05, 0.1) is 10.8 Å². The summed E-state index contributed by atoms with van der Waals surface area (Å²) in [5.41, 5.74) is 0.215. The molecule has 6 heteroatoms. The molecule has 1 unspecified atom stereocenters. The fraction of sp³-hybridized carbons (Fsp3) is 0.600. The van der Waals surface area contributed by atoms with Gasteiger partial charge in [0.15, 0.2) is 0 Å². The molecule has 1 aliphatic heterocycles. The van der Waals surface area contributed by atoms with Crippen molar-refractivity contribution in [3.63, 3.8) is 0 Å². The fourth-order valence-electron chi connectivity index (χ4n) is 2.95. The lowest BCUT2D eigenvalue weighted by atomic mass is 9.92. The van der Waals surface area contributed by atoms with Gasteiger partial charge in [-0.1, -0.05) is 32.0 Å². The summed E-state index contributed by atoms with van der Waals surface area (Å²) in [4.78, 5) is 26.0. The molecule has 26 heavy (non-hydrogen) atoms. The molecule has 0 aromatic heterocycles. The van der Waals surface area contributed by atoms with Gasteiger partial charge in [0.1, 0.15) is 5.60 Å². The van der Waals surface area contributed by atoms with Crippen LogP contribution in [0, 0.1) is 0 Å². The third-order valence-electron chi connectivity index (χ3n) is 4.65. The van der Waals surface area contributed by atoms with Gasteiger partial charge in [0.25, 0.3) is 0 Å². The SMILES string of the molecule is CCC(CC)(CNC(=O)OC(C)(C)C)NC(=O)C1Cc2ccccc2S1. The van der Waals surface area contributed by atoms with Crippen LogP contribution in [0.15, 0.2) is 29.2 Å². The van der Waals surface area contributed by atoms with Crippen molar-refractivity contribution < 1.29 is 14.3 Å². The second kappa shape index (κ2) is 8.33. The third kappa shape index (κ3) is 5.40. The summed E-state index contributed by atoms with van der Waals surface area (Å²) in [6, 6.07) is 8.14. The molecule has 0 spiro atoms. The fourth-order valence-corrected chi connectivity index (χ4v) is 4.14. The van der Waals surface area contributed by atoms with Crippen molar-refractivity contribution >= 4 is 23.8 Å². The number of amides is 2. The molecule has 0 aliphatic carbocycles. The van der Waals surface area contributed by atoms with E-state index >= 15 is 0 Å². The number of fused-ring (bicyclic) bond motifs is 1. The van der Waals surface area contributed by atoms with Crippen LogP contribution in [-0.2, 0) is 16.0 Å². The van der Waals surface area contributed by atoms with Gasteiger partial charge in [-0.15, -0.1) is 11.8 Å². The summed E-state index contributed by atoms with van der Waals surface area (Å²) in [6.45, 7) is 9.89. The number of nitrogens with one attached hydrogen (secondary N) is 2. The Morgan fingerprint density at radius 3 is 2.42 bits per heavy atom. The summed E-state index contributed by atoms with van der Waals surface area (Å²) in [5.74, 6) is 0.0286. The van der Waals surface area contributed by atoms with E-state index in [1.165, 1.54) is 10.5 Å². The molecule has 1 aromatic rings. The molecule has 1 atom stereocenters. The molecule has 0 radical (unpaired) electrons. The predicted octanol–water partition coefficient (Wildman–Crippen LogP) is 3.90. The lowest BCUT2D eigenvalue weighted by Gasteiger charge is -2.34. The van der Waals surface area contributed by atoms with E-state index in [4.69, 9.17) is 4.74 Å². The number of hydrogen-bond acceptors (Lipinski definition) is 4. The van der Waals surface area contributed by atoms with Crippen molar-refractivity contribution in [1.82, 2.24) is 10.6 Å². The number of alkyl carbamates (subject to hydrolysis) is 1. The molecule has 0 saturated heterocycles. The van der Waals surface area contributed by atoms with Crippen molar-refractivity contribution in [1.29, 1.82) is 0 Å². The molecule has 5 nitrogen and oxygen atoms in total. The Bertz CT molecular complexity index is 626. The minimum absolute atomic E-state index is 0.0286. The van der Waals surface area contributed by atoms with Crippen molar-refractivity contribution in [3.8, 4) is 0 Å². The van der Waals surface area contributed by atoms with E-state index in [0.29, 0.717) is 6.54 Å². The summed E-state index contributed by atoms with van der Waals surface area (Å²) < 4.78 is 5.30. The third-order valence-corrected chi connectivity index (χ3v) is 5.97. The summed E-state index contributed by atoms with van der Waals surface area (Å²) in [6.07, 6.45) is 1.75. The first-order valence-corrected chi connectivity index (χ1v) is 10.1. The van der Waals surface area contributed by atoms with Crippen LogP contribution in [0.2, 0.25) is 0 Å². The van der Waals surface area contributed by atoms with Gasteiger partial charge in [-0.05, 0) is 51.7 Å². The van der Waals surface area contributed by atoms with Crippen LogP contribution in [0.25, 0.3) is 0 Å². The van der Waals surface area contributed by atoms with E-state index in [2.05, 4.69) is 22.8 Å². The Morgan fingerprint density at radius 1 is 1.19 bits per heavy atom. The average Bonchev–Trinajstić information content (AvgIpc) is 3.01. The van der Waals surface area contributed by atoms with E-state index in [0.717, 1.165) is 19.3 Å². The Morgan fingerprint density at radius 2 is 1.85 bits per heavy atom. The second-order valence-electron chi connectivity index (χ2n) is 7.75. The number of carbonyl (C=O) groups excluding carboxylic acids is 2. The van der Waals surface area contributed by atoms with E-state index < -0.39 is 17.2 Å². The van der Waals surface area contributed by atoms with Gasteiger partial charge in [-0.25, -0.2) is 4.79 Å². The maximum absolute atomic E-state index is 12.8. The predicted molar refractivity (Wildman–Crippen MR) is 105 cm³/mol. The number of rotatable bonds is 6. The first kappa shape index (κ1) is 20.6. The Balaban J connectivity index is 1.96. The van der Waals surface area contributed by atoms with Crippen LogP contribution in [0.4, 0.5) is 4.79 Å². The zero-order valence-electron chi connectivity index (χ0n) is 16.3. The number of thioether (sulfide) groups is 1. The minimum Gasteiger partial charge on any atom is -0.444 e. The average molecular weight is 379 g/mol. The highest BCUT2D eigenvalue weighted by Crippen LogP contribution is 2.37. The van der Waals surface area contributed by atoms with Crippen molar-refractivity contribution in [2.45, 2.75) is 75.2 Å². The normalized spacial score (nSPS) is 16.7. The highest BCUT2D eigenvalue weighted by molar-refractivity contribution is 8.01. The van der Waals surface area contributed by atoms with Crippen LogP contribution in [0.1, 0.15) is 53.0 Å². The number of benzene rings is 1. The lowest BCUT2D eigenvalue weighted by Crippen LogP contribution is -2.57. The largest absolute Gasteiger partial charge is 0.444 e. The second-order valence-corrected chi connectivity index (χ2v) is 9.00. The van der Waals surface area contributed by atoms with E-state index in [-0.39, 0.29) is 11.2 Å². The Hall–Kier alpha value is -1.69. The number of ether oxygens (including phenoxy) is 1. The monoisotopic (exact) mass is 378 g/mol. The lowest BCUT2D eigenvalue weighted by molar-refractivity contribution is -0.122. The van der Waals surface area contributed by atoms with Gasteiger partial charge < -0.3 is 15.4 Å². The van der Waals surface area contributed by atoms with Crippen LogP contribution >= 0.6 is 11.8 Å². The van der Waals surface area contributed by atoms with E-state index in [1.807, 2.05) is 46.8 Å². The first-order valence-electron chi connectivity index (χ1n) is 9.21. The Kier molecular flexibility index (Phi) is 6.61. The zero-order chi connectivity index (χ0) is 19.4. The molecule has 1 aliphatic rings. The number of carbonyl (C=O) groups is 2. The van der Waals surface area contributed by atoms with Gasteiger partial charge in [-0.2, -0.15) is 0 Å². The summed E-state index contributed by atoms with van der Waals surface area (Å²) in [5, 5.41) is 5.89. The molecule has 0 fully saturated rings. The van der Waals surface area contributed by atoms with Crippen LogP contribution in [-0.4, -0.2) is 34.9 Å². The van der Waals surface area contributed by atoms with Crippen molar-refractivity contribution in [3.05, 3.63) is 29.8 Å². The van der Waals surface area contributed by atoms with Gasteiger partial charge in [0, 0.05) is 11.4 Å². The van der Waals surface area contributed by atoms with Crippen LogP contribution < -0.4 is 10.6 Å². The molecule has 2 rings (SSSR count). The minimum atomic E-state index is -0.541. The molecule has 1 heterocycles. The molecule has 2 N–H and O–H groups in total. The summed E-state index contributed by atoms with van der Waals surface area (Å²) in [7, 11) is 0. The molecule has 0 saturated carbocycles. The van der Waals surface area contributed by atoms with Crippen LogP contribution in [0.5, 0.6) is 0 Å². The number of hydrogen-bond donors (Lipinski definition) is 2.